The zero-order valence-corrected chi connectivity index (χ0v) is 25.0. The second kappa shape index (κ2) is 14.2. The largest absolute Gasteiger partial charge is 1.00 e. The van der Waals surface area contributed by atoms with Gasteiger partial charge in [-0.05, 0) is 55.3 Å². The summed E-state index contributed by atoms with van der Waals surface area (Å²) in [6, 6.07) is 12.1. The number of amides is 1. The number of carbonyl (C=O) groups is 3. The molecule has 0 aliphatic carbocycles. The first-order valence-electron chi connectivity index (χ1n) is 11.3. The Kier molecular flexibility index (Phi) is 11.7. The number of anilines is 1. The van der Waals surface area contributed by atoms with Gasteiger partial charge in [-0.3, -0.25) is 9.59 Å². The molecule has 0 saturated carbocycles. The van der Waals surface area contributed by atoms with Gasteiger partial charge in [0.05, 0.1) is 24.0 Å². The Balaban J connectivity index is 0.00000481. The topological polar surface area (TPSA) is 109 Å². The quantitative estimate of drug-likeness (QED) is 0.123. The van der Waals surface area contributed by atoms with Gasteiger partial charge in [0.1, 0.15) is 7.05 Å². The zero-order valence-electron chi connectivity index (χ0n) is 21.9. The number of aryl methyl sites for hydroxylation is 1. The summed E-state index contributed by atoms with van der Waals surface area (Å²) in [5, 5.41) is 6.02. The van der Waals surface area contributed by atoms with Crippen LogP contribution in [0.15, 0.2) is 53.7 Å². The Morgan fingerprint density at radius 1 is 1.14 bits per heavy atom. The molecule has 0 spiro atoms. The fraction of sp³-hybridized carbons (Fsp3) is 0.259. The first kappa shape index (κ1) is 30.5. The van der Waals surface area contributed by atoms with Crippen molar-refractivity contribution in [3.63, 3.8) is 0 Å². The average molecular weight is 529 g/mol. The number of ether oxygens (including phenoxy) is 2. The van der Waals surface area contributed by atoms with Crippen molar-refractivity contribution in [3.8, 4) is 0 Å². The molecule has 188 valence electrons. The number of rotatable bonds is 9. The summed E-state index contributed by atoms with van der Waals surface area (Å²) in [7, 11) is 1.93. The minimum Gasteiger partial charge on any atom is -0.560 e. The van der Waals surface area contributed by atoms with E-state index in [1.165, 1.54) is 19.9 Å². The van der Waals surface area contributed by atoms with Crippen LogP contribution < -0.4 is 62.0 Å². The van der Waals surface area contributed by atoms with E-state index < -0.39 is 18.2 Å². The molecular weight excluding hydrogens is 499 g/mol. The maximum atomic E-state index is 12.8. The van der Waals surface area contributed by atoms with Crippen LogP contribution in [0.25, 0.3) is 0 Å². The molecule has 0 fully saturated rings. The second-order valence-electron chi connectivity index (χ2n) is 8.31. The van der Waals surface area contributed by atoms with Crippen molar-refractivity contribution in [3.05, 3.63) is 83.7 Å². The van der Waals surface area contributed by atoms with Crippen molar-refractivity contribution >= 4 is 35.5 Å². The van der Waals surface area contributed by atoms with Gasteiger partial charge in [0.25, 0.3) is 5.91 Å². The Hall–Kier alpha value is -2.76. The van der Waals surface area contributed by atoms with Crippen LogP contribution in [0, 0.1) is 19.7 Å². The molecule has 10 heteroatoms. The summed E-state index contributed by atoms with van der Waals surface area (Å²) >= 11 is 0. The molecule has 0 radical (unpaired) electrons. The fourth-order valence-corrected chi connectivity index (χ4v) is 3.42. The zero-order chi connectivity index (χ0) is 26.2. The predicted molar refractivity (Wildman–Crippen MR) is 136 cm³/mol. The standard InChI is InChI=1S/C27H29N4O5.K/c1-17-13-22(9-10-25(17)27(34)36-20(4)35-19(3)32)26(33)30-23-8-6-7-21(14-23)18(2)28-11-12-29-24-15-31(5)16-24;/h6-10,12-16,18,20,28H,1-5H3,(H,30,33);/q-1;+1. The van der Waals surface area contributed by atoms with E-state index in [9.17, 15) is 14.4 Å². The van der Waals surface area contributed by atoms with E-state index in [2.05, 4.69) is 21.8 Å². The predicted octanol–water partition coefficient (Wildman–Crippen LogP) is 0.572. The molecule has 3 rings (SSSR count). The molecule has 2 N–H and O–H groups in total. The summed E-state index contributed by atoms with van der Waals surface area (Å²) in [5.41, 5.74) is 3.69. The van der Waals surface area contributed by atoms with Crippen LogP contribution in [0.5, 0.6) is 0 Å². The van der Waals surface area contributed by atoms with Gasteiger partial charge < -0.3 is 35.9 Å². The van der Waals surface area contributed by atoms with Crippen molar-refractivity contribution < 1.29 is 79.8 Å². The Labute approximate surface area is 259 Å². The molecule has 2 unspecified atom stereocenters. The minimum absolute atomic E-state index is 0. The van der Waals surface area contributed by atoms with Crippen molar-refractivity contribution in [1.82, 2.24) is 5.32 Å². The molecule has 0 aromatic heterocycles. The number of aliphatic imine (C=N–C) groups is 1. The second-order valence-corrected chi connectivity index (χ2v) is 8.31. The van der Waals surface area contributed by atoms with E-state index >= 15 is 0 Å². The third-order valence-corrected chi connectivity index (χ3v) is 5.21. The fourth-order valence-electron chi connectivity index (χ4n) is 3.42. The van der Waals surface area contributed by atoms with E-state index in [1.807, 2.05) is 49.5 Å². The molecule has 1 aliphatic heterocycles. The molecule has 2 atom stereocenters. The number of hydrogen-bond donors (Lipinski definition) is 2. The van der Waals surface area contributed by atoms with Crippen LogP contribution in [0.4, 0.5) is 5.69 Å². The van der Waals surface area contributed by atoms with E-state index in [0.717, 1.165) is 11.3 Å². The summed E-state index contributed by atoms with van der Waals surface area (Å²) in [6.45, 7) is 8.27. The maximum Gasteiger partial charge on any atom is 1.00 e. The Bertz CT molecular complexity index is 1260. The third-order valence-electron chi connectivity index (χ3n) is 5.21. The van der Waals surface area contributed by atoms with Crippen LogP contribution in [0.3, 0.4) is 0 Å². The van der Waals surface area contributed by atoms with Crippen molar-refractivity contribution in [1.29, 1.82) is 0 Å². The van der Waals surface area contributed by atoms with Crippen molar-refractivity contribution in [2.45, 2.75) is 40.0 Å². The number of esters is 2. The molecule has 1 aliphatic rings. The van der Waals surface area contributed by atoms with E-state index in [-0.39, 0.29) is 68.9 Å². The molecule has 2 aromatic rings. The number of nitrogens with zero attached hydrogens (tertiary/aromatic N) is 2. The molecule has 0 saturated heterocycles. The molecule has 0 bridgehead atoms. The van der Waals surface area contributed by atoms with Gasteiger partial charge in [0.15, 0.2) is 0 Å². The summed E-state index contributed by atoms with van der Waals surface area (Å²) < 4.78 is 11.8. The van der Waals surface area contributed by atoms with Gasteiger partial charge >= 0.3 is 63.3 Å². The van der Waals surface area contributed by atoms with Gasteiger partial charge in [-0.15, -0.1) is 6.20 Å². The summed E-state index contributed by atoms with van der Waals surface area (Å²) in [5.74, 6) is -1.51. The van der Waals surface area contributed by atoms with Crippen LogP contribution in [-0.4, -0.2) is 47.7 Å². The Morgan fingerprint density at radius 3 is 2.51 bits per heavy atom. The Morgan fingerprint density at radius 2 is 1.86 bits per heavy atom. The van der Waals surface area contributed by atoms with E-state index in [4.69, 9.17) is 9.47 Å². The number of benzene rings is 2. The van der Waals surface area contributed by atoms with E-state index in [1.54, 1.807) is 31.3 Å². The number of carbonyl (C=O) groups excluding carboxylic acids is 3. The van der Waals surface area contributed by atoms with Gasteiger partial charge in [-0.2, -0.15) is 0 Å². The molecule has 2 aromatic carbocycles. The maximum absolute atomic E-state index is 12.8. The van der Waals surface area contributed by atoms with Gasteiger partial charge in [-0.1, -0.05) is 12.1 Å². The van der Waals surface area contributed by atoms with Crippen molar-refractivity contribution in [2.75, 3.05) is 12.4 Å². The number of nitrogens with one attached hydrogen (secondary N) is 2. The first-order chi connectivity index (χ1) is 17.1. The molecule has 1 amide bonds. The normalized spacial score (nSPS) is 14.8. The van der Waals surface area contributed by atoms with Gasteiger partial charge in [0, 0.05) is 31.1 Å². The van der Waals surface area contributed by atoms with Crippen LogP contribution >= 0.6 is 0 Å². The average Bonchev–Trinajstić information content (AvgIpc) is 2.79. The van der Waals surface area contributed by atoms with Gasteiger partial charge in [0.2, 0.25) is 6.29 Å². The van der Waals surface area contributed by atoms with Crippen LogP contribution in [0.2, 0.25) is 0 Å². The SMILES string of the molecule is CC(=O)OC(C)OC(=O)c1ccc(C(=O)Nc2cccc(C(C)N[C-]=CN=C3C=[N+](C)[CH-]3)c2)cc1C.[K+]. The molecule has 1 heterocycles. The molecule has 9 nitrogen and oxygen atoms in total. The van der Waals surface area contributed by atoms with E-state index in [0.29, 0.717) is 16.8 Å². The van der Waals surface area contributed by atoms with Crippen LogP contribution in [0.1, 0.15) is 58.7 Å². The summed E-state index contributed by atoms with van der Waals surface area (Å²) in [4.78, 5) is 40.4. The van der Waals surface area contributed by atoms with Crippen molar-refractivity contribution in [2.24, 2.45) is 4.99 Å². The van der Waals surface area contributed by atoms with Gasteiger partial charge in [-0.25, -0.2) is 4.79 Å². The summed E-state index contributed by atoms with van der Waals surface area (Å²) in [6.07, 6.45) is 5.43. The monoisotopic (exact) mass is 528 g/mol. The molecular formula is C27H29KN4O5. The third kappa shape index (κ3) is 9.24. The first-order valence-corrected chi connectivity index (χ1v) is 11.3. The molecule has 37 heavy (non-hydrogen) atoms. The number of hydrogen-bond acceptors (Lipinski definition) is 7. The minimum atomic E-state index is -1.01. The smallest absolute Gasteiger partial charge is 0.560 e. The van der Waals surface area contributed by atoms with Crippen LogP contribution in [-0.2, 0) is 14.3 Å².